The Kier molecular flexibility index (Phi) is 4.54. The zero-order chi connectivity index (χ0) is 20.9. The Morgan fingerprint density at radius 2 is 1.84 bits per heavy atom. The Labute approximate surface area is 182 Å². The molecule has 31 heavy (non-hydrogen) atoms. The molecule has 3 fully saturated rings. The molecule has 1 saturated carbocycles. The van der Waals surface area contributed by atoms with Crippen LogP contribution in [0.3, 0.4) is 0 Å². The van der Waals surface area contributed by atoms with Crippen molar-refractivity contribution < 1.29 is 4.79 Å². The van der Waals surface area contributed by atoms with Crippen LogP contribution in [-0.4, -0.2) is 62.0 Å². The molecule has 2 saturated heterocycles. The maximum Gasteiger partial charge on any atom is 0.249 e. The van der Waals surface area contributed by atoms with Gasteiger partial charge in [0.1, 0.15) is 0 Å². The summed E-state index contributed by atoms with van der Waals surface area (Å²) in [6, 6.07) is 16.2. The van der Waals surface area contributed by atoms with Crippen LogP contribution in [0.2, 0.25) is 0 Å². The molecule has 7 nitrogen and oxygen atoms in total. The molecule has 0 unspecified atom stereocenters. The van der Waals surface area contributed by atoms with Crippen LogP contribution in [0.5, 0.6) is 0 Å². The first-order valence-corrected chi connectivity index (χ1v) is 11.4. The third-order valence-electron chi connectivity index (χ3n) is 7.05. The van der Waals surface area contributed by atoms with E-state index in [1.54, 1.807) is 0 Å². The van der Waals surface area contributed by atoms with Gasteiger partial charge in [-0.1, -0.05) is 37.3 Å². The van der Waals surface area contributed by atoms with Crippen LogP contribution in [0.1, 0.15) is 31.7 Å². The number of amides is 1. The van der Waals surface area contributed by atoms with Crippen molar-refractivity contribution in [3.8, 4) is 11.3 Å². The minimum atomic E-state index is 0.0273. The number of nitrogens with one attached hydrogen (secondary N) is 1. The average molecular weight is 417 g/mol. The molecule has 4 heterocycles. The predicted molar refractivity (Wildman–Crippen MR) is 120 cm³/mol. The minimum absolute atomic E-state index is 0.0273. The molecule has 7 heteroatoms. The summed E-state index contributed by atoms with van der Waals surface area (Å²) in [5.74, 6) is 0.542. The highest BCUT2D eigenvalue weighted by atomic mass is 16.2. The number of anilines is 1. The van der Waals surface area contributed by atoms with Crippen molar-refractivity contribution in [2.45, 2.75) is 44.8 Å². The summed E-state index contributed by atoms with van der Waals surface area (Å²) >= 11 is 0. The van der Waals surface area contributed by atoms with Crippen LogP contribution in [-0.2, 0) is 11.3 Å². The number of benzene rings is 1. The molecule has 0 radical (unpaired) electrons. The smallest absolute Gasteiger partial charge is 0.249 e. The average Bonchev–Trinajstić information content (AvgIpc) is 3.28. The third-order valence-corrected chi connectivity index (χ3v) is 7.05. The molecule has 1 aliphatic carbocycles. The van der Waals surface area contributed by atoms with E-state index in [0.717, 1.165) is 42.3 Å². The molecule has 1 amide bonds. The zero-order valence-corrected chi connectivity index (χ0v) is 17.9. The van der Waals surface area contributed by atoms with Gasteiger partial charge >= 0.3 is 0 Å². The van der Waals surface area contributed by atoms with Gasteiger partial charge in [0.15, 0.2) is 5.65 Å². The fourth-order valence-electron chi connectivity index (χ4n) is 5.16. The maximum absolute atomic E-state index is 12.1. The predicted octanol–water partition coefficient (Wildman–Crippen LogP) is 3.02. The number of likely N-dealkylation sites (N-methyl/N-ethyl adjacent to an activating group) is 1. The lowest BCUT2D eigenvalue weighted by Crippen LogP contribution is -2.45. The Bertz CT molecular complexity index is 1120. The van der Waals surface area contributed by atoms with Crippen molar-refractivity contribution >= 4 is 17.5 Å². The first-order chi connectivity index (χ1) is 15.2. The Morgan fingerprint density at radius 1 is 1.06 bits per heavy atom. The summed E-state index contributed by atoms with van der Waals surface area (Å²) < 4.78 is 1.82. The molecule has 2 aromatic heterocycles. The van der Waals surface area contributed by atoms with Gasteiger partial charge in [-0.2, -0.15) is 4.98 Å². The monoisotopic (exact) mass is 416 g/mol. The quantitative estimate of drug-likeness (QED) is 0.669. The number of rotatable bonds is 6. The summed E-state index contributed by atoms with van der Waals surface area (Å²) in [5.41, 5.74) is 4.16. The number of hydrogen-bond acceptors (Lipinski definition) is 5. The number of piperazine rings is 1. The van der Waals surface area contributed by atoms with Gasteiger partial charge in [-0.3, -0.25) is 19.9 Å². The van der Waals surface area contributed by atoms with E-state index < -0.39 is 0 Å². The minimum Gasteiger partial charge on any atom is -0.298 e. The van der Waals surface area contributed by atoms with Gasteiger partial charge in [-0.15, -0.1) is 5.10 Å². The highest BCUT2D eigenvalue weighted by molar-refractivity contribution is 5.92. The van der Waals surface area contributed by atoms with Gasteiger partial charge in [-0.25, -0.2) is 4.52 Å². The summed E-state index contributed by atoms with van der Waals surface area (Å²) in [5, 5.41) is 7.40. The van der Waals surface area contributed by atoms with Crippen molar-refractivity contribution in [3.05, 3.63) is 48.0 Å². The second kappa shape index (κ2) is 7.43. The molecule has 1 aromatic carbocycles. The van der Waals surface area contributed by atoms with Crippen LogP contribution in [0.4, 0.5) is 5.95 Å². The summed E-state index contributed by atoms with van der Waals surface area (Å²) in [4.78, 5) is 21.8. The van der Waals surface area contributed by atoms with Crippen molar-refractivity contribution in [2.75, 3.05) is 25.0 Å². The lowest BCUT2D eigenvalue weighted by Gasteiger charge is -2.33. The van der Waals surface area contributed by atoms with Crippen molar-refractivity contribution in [3.63, 3.8) is 0 Å². The van der Waals surface area contributed by atoms with Gasteiger partial charge in [0.2, 0.25) is 11.9 Å². The molecular formula is C24H28N6O. The Hall–Kier alpha value is -2.77. The second-order valence-corrected chi connectivity index (χ2v) is 9.14. The number of fused-ring (bicyclic) bond motifs is 3. The van der Waals surface area contributed by atoms with Crippen molar-refractivity contribution in [1.82, 2.24) is 24.4 Å². The normalized spacial score (nSPS) is 23.6. The van der Waals surface area contributed by atoms with Gasteiger partial charge in [0.05, 0.1) is 5.69 Å². The molecule has 6 rings (SSSR count). The highest BCUT2D eigenvalue weighted by Gasteiger charge is 2.42. The topological polar surface area (TPSA) is 65.8 Å². The molecule has 1 N–H and O–H groups in total. The van der Waals surface area contributed by atoms with Crippen LogP contribution in [0, 0.1) is 5.92 Å². The van der Waals surface area contributed by atoms with E-state index in [-0.39, 0.29) is 11.8 Å². The largest absolute Gasteiger partial charge is 0.298 e. The van der Waals surface area contributed by atoms with Crippen molar-refractivity contribution in [1.29, 1.82) is 0 Å². The van der Waals surface area contributed by atoms with E-state index in [9.17, 15) is 4.79 Å². The molecule has 2 aliphatic heterocycles. The summed E-state index contributed by atoms with van der Waals surface area (Å²) in [6.07, 6.45) is 3.25. The third kappa shape index (κ3) is 3.51. The van der Waals surface area contributed by atoms with Gasteiger partial charge in [0, 0.05) is 43.2 Å². The number of hydrogen-bond donors (Lipinski definition) is 1. The molecule has 160 valence electrons. The van der Waals surface area contributed by atoms with E-state index in [1.807, 2.05) is 22.7 Å². The van der Waals surface area contributed by atoms with Gasteiger partial charge < -0.3 is 0 Å². The van der Waals surface area contributed by atoms with E-state index in [0.29, 0.717) is 12.0 Å². The lowest BCUT2D eigenvalue weighted by atomic mass is 10.1. The summed E-state index contributed by atoms with van der Waals surface area (Å²) in [7, 11) is 0. The molecule has 2 bridgehead atoms. The van der Waals surface area contributed by atoms with Crippen LogP contribution in [0.15, 0.2) is 42.5 Å². The lowest BCUT2D eigenvalue weighted by molar-refractivity contribution is -0.117. The van der Waals surface area contributed by atoms with E-state index in [4.69, 9.17) is 0 Å². The van der Waals surface area contributed by atoms with Crippen LogP contribution < -0.4 is 5.32 Å². The maximum atomic E-state index is 12.1. The number of pyridine rings is 1. The zero-order valence-electron chi connectivity index (χ0n) is 17.9. The van der Waals surface area contributed by atoms with Crippen molar-refractivity contribution in [2.24, 2.45) is 5.92 Å². The Balaban J connectivity index is 1.19. The number of carbonyl (C=O) groups is 1. The standard InChI is InChI=1S/C24H28N6O/c1-2-28-14-20-12-19(28)15-29(20)13-16-6-8-17(9-7-16)21-4-3-5-22-25-24(27-30(21)22)26-23(31)18-10-11-18/h3-9,18-20H,2,10-15H2,1H3,(H,26,27,31)/t19-,20-/m1/s1. The number of aromatic nitrogens is 3. The molecule has 3 aliphatic rings. The molecule has 0 spiro atoms. The highest BCUT2D eigenvalue weighted by Crippen LogP contribution is 2.32. The first-order valence-electron chi connectivity index (χ1n) is 11.4. The second-order valence-electron chi connectivity index (χ2n) is 9.14. The fraction of sp³-hybridized carbons (Fsp3) is 0.458. The Morgan fingerprint density at radius 3 is 2.55 bits per heavy atom. The van der Waals surface area contributed by atoms with E-state index >= 15 is 0 Å². The van der Waals surface area contributed by atoms with E-state index in [1.165, 1.54) is 31.6 Å². The van der Waals surface area contributed by atoms with Crippen LogP contribution in [0.25, 0.3) is 16.9 Å². The number of carbonyl (C=O) groups excluding carboxylic acids is 1. The van der Waals surface area contributed by atoms with Gasteiger partial charge in [-0.05, 0) is 43.5 Å². The van der Waals surface area contributed by atoms with Crippen LogP contribution >= 0.6 is 0 Å². The SMILES string of the molecule is CCN1C[C@H]2C[C@@H]1CN2Cc1ccc(-c2cccc3nc(NC(=O)C4CC4)nn23)cc1. The molecular weight excluding hydrogens is 388 g/mol. The molecule has 2 atom stereocenters. The molecule has 3 aromatic rings. The fourth-order valence-corrected chi connectivity index (χ4v) is 5.16. The van der Waals surface area contributed by atoms with Gasteiger partial charge in [0.25, 0.3) is 0 Å². The summed E-state index contributed by atoms with van der Waals surface area (Å²) in [6.45, 7) is 6.86. The number of nitrogens with zero attached hydrogens (tertiary/aromatic N) is 5. The first kappa shape index (κ1) is 19.0. The van der Waals surface area contributed by atoms with E-state index in [2.05, 4.69) is 56.4 Å². The number of likely N-dealkylation sites (tertiary alicyclic amines) is 2.